The van der Waals surface area contributed by atoms with Crippen molar-refractivity contribution in [3.05, 3.63) is 23.3 Å². The first-order valence-electron chi connectivity index (χ1n) is 9.10. The first-order valence-corrected chi connectivity index (χ1v) is 10.6. The molecule has 0 spiro atoms. The molecule has 0 saturated carbocycles. The molecule has 1 amide bonds. The Kier molecular flexibility index (Phi) is 5.55. The Bertz CT molecular complexity index is 792. The van der Waals surface area contributed by atoms with Gasteiger partial charge in [0, 0.05) is 25.6 Å². The largest absolute Gasteiger partial charge is 0.492 e. The normalized spacial score (nSPS) is 20.2. The zero-order chi connectivity index (χ0) is 18.9. The van der Waals surface area contributed by atoms with Crippen LogP contribution >= 0.6 is 0 Å². The van der Waals surface area contributed by atoms with Crippen LogP contribution in [0, 0.1) is 5.92 Å². The highest BCUT2D eigenvalue weighted by Gasteiger charge is 2.28. The van der Waals surface area contributed by atoms with Crippen LogP contribution in [0.4, 0.5) is 0 Å². The van der Waals surface area contributed by atoms with Crippen LogP contribution in [0.5, 0.6) is 5.75 Å². The second kappa shape index (κ2) is 7.54. The molecular weight excluding hydrogens is 354 g/mol. The number of primary sulfonamides is 1. The Morgan fingerprint density at radius 3 is 2.88 bits per heavy atom. The topological polar surface area (TPSA) is 102 Å². The van der Waals surface area contributed by atoms with Crippen LogP contribution in [0.1, 0.15) is 42.6 Å². The van der Waals surface area contributed by atoms with E-state index in [1.165, 1.54) is 12.1 Å². The molecule has 144 valence electrons. The van der Waals surface area contributed by atoms with E-state index in [0.717, 1.165) is 25.9 Å². The van der Waals surface area contributed by atoms with Crippen molar-refractivity contribution in [2.75, 3.05) is 26.2 Å². The number of sulfonamides is 1. The lowest BCUT2D eigenvalue weighted by molar-refractivity contribution is 0.0935. The third kappa shape index (κ3) is 4.19. The van der Waals surface area contributed by atoms with E-state index in [-0.39, 0.29) is 16.4 Å². The standard InChI is InChI=1S/C18H27N3O4S/c1-12(2)11-21-6-3-4-14(21)10-20-18(22)16-9-15(26(19,23)24)8-13-5-7-25-17(13)16/h8-9,12,14H,3-7,10-11H2,1-2H3,(H,20,22)(H2,19,23,24). The molecule has 0 aliphatic carbocycles. The van der Waals surface area contributed by atoms with Crippen molar-refractivity contribution < 1.29 is 17.9 Å². The fourth-order valence-electron chi connectivity index (χ4n) is 3.75. The molecule has 0 bridgehead atoms. The molecule has 2 aliphatic heterocycles. The van der Waals surface area contributed by atoms with Gasteiger partial charge in [-0.2, -0.15) is 0 Å². The number of nitrogens with zero attached hydrogens (tertiary/aromatic N) is 1. The minimum atomic E-state index is -3.88. The van der Waals surface area contributed by atoms with Gasteiger partial charge >= 0.3 is 0 Å². The fourth-order valence-corrected chi connectivity index (χ4v) is 4.34. The molecule has 1 saturated heterocycles. The quantitative estimate of drug-likeness (QED) is 0.769. The highest BCUT2D eigenvalue weighted by atomic mass is 32.2. The second-order valence-corrected chi connectivity index (χ2v) is 9.06. The van der Waals surface area contributed by atoms with Crippen LogP contribution in [0.3, 0.4) is 0 Å². The van der Waals surface area contributed by atoms with Gasteiger partial charge in [0.1, 0.15) is 5.75 Å². The van der Waals surface area contributed by atoms with Crippen molar-refractivity contribution in [1.82, 2.24) is 10.2 Å². The number of likely N-dealkylation sites (tertiary alicyclic amines) is 1. The molecule has 2 heterocycles. The number of hydrogen-bond donors (Lipinski definition) is 2. The highest BCUT2D eigenvalue weighted by molar-refractivity contribution is 7.89. The summed E-state index contributed by atoms with van der Waals surface area (Å²) in [5.74, 6) is 0.736. The SMILES string of the molecule is CC(C)CN1CCCC1CNC(=O)c1cc(S(N)(=O)=O)cc2c1OCC2. The summed E-state index contributed by atoms with van der Waals surface area (Å²) < 4.78 is 29.0. The number of amides is 1. The van der Waals surface area contributed by atoms with Crippen LogP contribution in [0.15, 0.2) is 17.0 Å². The predicted molar refractivity (Wildman–Crippen MR) is 98.8 cm³/mol. The van der Waals surface area contributed by atoms with Gasteiger partial charge in [-0.3, -0.25) is 9.69 Å². The molecule has 1 aromatic carbocycles. The van der Waals surface area contributed by atoms with Crippen molar-refractivity contribution in [3.8, 4) is 5.75 Å². The number of rotatable bonds is 6. The van der Waals surface area contributed by atoms with Crippen molar-refractivity contribution in [2.45, 2.75) is 44.0 Å². The van der Waals surface area contributed by atoms with Crippen LogP contribution in [-0.2, 0) is 16.4 Å². The Morgan fingerprint density at radius 2 is 2.19 bits per heavy atom. The van der Waals surface area contributed by atoms with Gasteiger partial charge in [-0.05, 0) is 43.0 Å². The van der Waals surface area contributed by atoms with E-state index in [2.05, 4.69) is 24.1 Å². The first-order chi connectivity index (χ1) is 12.3. The van der Waals surface area contributed by atoms with E-state index in [1.807, 2.05) is 0 Å². The lowest BCUT2D eigenvalue weighted by Gasteiger charge is -2.26. The summed E-state index contributed by atoms with van der Waals surface area (Å²) in [6.07, 6.45) is 2.76. The molecular formula is C18H27N3O4S. The van der Waals surface area contributed by atoms with Gasteiger partial charge in [0.15, 0.2) is 0 Å². The van der Waals surface area contributed by atoms with E-state index in [9.17, 15) is 13.2 Å². The van der Waals surface area contributed by atoms with Crippen LogP contribution < -0.4 is 15.2 Å². The van der Waals surface area contributed by atoms with Crippen molar-refractivity contribution in [1.29, 1.82) is 0 Å². The summed E-state index contributed by atoms with van der Waals surface area (Å²) in [5.41, 5.74) is 0.960. The highest BCUT2D eigenvalue weighted by Crippen LogP contribution is 2.32. The number of nitrogens with two attached hydrogens (primary N) is 1. The number of ether oxygens (including phenoxy) is 1. The molecule has 2 aliphatic rings. The van der Waals surface area contributed by atoms with Crippen molar-refractivity contribution in [3.63, 3.8) is 0 Å². The average Bonchev–Trinajstić information content (AvgIpc) is 3.19. The Labute approximate surface area is 154 Å². The lowest BCUT2D eigenvalue weighted by Crippen LogP contribution is -2.41. The number of carbonyl (C=O) groups excluding carboxylic acids is 1. The number of nitrogens with one attached hydrogen (secondary N) is 1. The molecule has 3 N–H and O–H groups in total. The van der Waals surface area contributed by atoms with E-state index in [0.29, 0.717) is 42.8 Å². The van der Waals surface area contributed by atoms with Gasteiger partial charge in [0.05, 0.1) is 17.1 Å². The lowest BCUT2D eigenvalue weighted by atomic mass is 10.1. The summed E-state index contributed by atoms with van der Waals surface area (Å²) in [6.45, 7) is 7.42. The van der Waals surface area contributed by atoms with Gasteiger partial charge in [-0.15, -0.1) is 0 Å². The maximum Gasteiger partial charge on any atom is 0.255 e. The molecule has 3 rings (SSSR count). The monoisotopic (exact) mass is 381 g/mol. The third-order valence-electron chi connectivity index (χ3n) is 4.93. The second-order valence-electron chi connectivity index (χ2n) is 7.50. The van der Waals surface area contributed by atoms with E-state index < -0.39 is 10.0 Å². The Morgan fingerprint density at radius 1 is 1.42 bits per heavy atom. The molecule has 0 radical (unpaired) electrons. The number of benzene rings is 1. The van der Waals surface area contributed by atoms with Gasteiger partial charge in [0.2, 0.25) is 10.0 Å². The van der Waals surface area contributed by atoms with Crippen LogP contribution in [-0.4, -0.2) is 51.5 Å². The minimum absolute atomic E-state index is 0.0470. The number of carbonyl (C=O) groups is 1. The average molecular weight is 381 g/mol. The molecule has 0 aromatic heterocycles. The van der Waals surface area contributed by atoms with Gasteiger partial charge in [-0.1, -0.05) is 13.8 Å². The van der Waals surface area contributed by atoms with Gasteiger partial charge in [-0.25, -0.2) is 13.6 Å². The summed E-state index contributed by atoms with van der Waals surface area (Å²) in [6, 6.07) is 3.13. The third-order valence-corrected chi connectivity index (χ3v) is 5.82. The van der Waals surface area contributed by atoms with Crippen LogP contribution in [0.2, 0.25) is 0 Å². The van der Waals surface area contributed by atoms with E-state index in [1.54, 1.807) is 0 Å². The number of hydrogen-bond acceptors (Lipinski definition) is 5. The summed E-state index contributed by atoms with van der Waals surface area (Å²) >= 11 is 0. The summed E-state index contributed by atoms with van der Waals surface area (Å²) in [5, 5.41) is 8.21. The molecule has 7 nitrogen and oxygen atoms in total. The first kappa shape index (κ1) is 19.1. The van der Waals surface area contributed by atoms with Gasteiger partial charge in [0.25, 0.3) is 5.91 Å². The summed E-state index contributed by atoms with van der Waals surface area (Å²) in [7, 11) is -3.88. The maximum absolute atomic E-state index is 12.7. The van der Waals surface area contributed by atoms with Crippen molar-refractivity contribution >= 4 is 15.9 Å². The Hall–Kier alpha value is -1.64. The fraction of sp³-hybridized carbons (Fsp3) is 0.611. The van der Waals surface area contributed by atoms with E-state index >= 15 is 0 Å². The smallest absolute Gasteiger partial charge is 0.255 e. The predicted octanol–water partition coefficient (Wildman–Crippen LogP) is 1.12. The molecule has 1 atom stereocenters. The molecule has 26 heavy (non-hydrogen) atoms. The summed E-state index contributed by atoms with van der Waals surface area (Å²) in [4.78, 5) is 15.1. The van der Waals surface area contributed by atoms with Gasteiger partial charge < -0.3 is 10.1 Å². The maximum atomic E-state index is 12.7. The van der Waals surface area contributed by atoms with E-state index in [4.69, 9.17) is 9.88 Å². The zero-order valence-electron chi connectivity index (χ0n) is 15.3. The minimum Gasteiger partial charge on any atom is -0.492 e. The molecule has 1 unspecified atom stereocenters. The molecule has 1 aromatic rings. The molecule has 1 fully saturated rings. The van der Waals surface area contributed by atoms with Crippen LogP contribution in [0.25, 0.3) is 0 Å². The Balaban J connectivity index is 1.75. The van der Waals surface area contributed by atoms with Crippen molar-refractivity contribution in [2.24, 2.45) is 11.1 Å². The zero-order valence-corrected chi connectivity index (χ0v) is 16.1. The number of fused-ring (bicyclic) bond motifs is 1. The molecule has 8 heteroatoms.